The largest absolute Gasteiger partial charge is 0.354 e. The highest BCUT2D eigenvalue weighted by molar-refractivity contribution is 7.20. The summed E-state index contributed by atoms with van der Waals surface area (Å²) in [7, 11) is 0. The van der Waals surface area contributed by atoms with Crippen LogP contribution in [0.15, 0.2) is 55.2 Å². The molecule has 5 aromatic heterocycles. The maximum atomic E-state index is 4.63. The number of pyridine rings is 2. The molecule has 0 amide bonds. The van der Waals surface area contributed by atoms with Crippen molar-refractivity contribution >= 4 is 27.1 Å². The molecule has 7 nitrogen and oxygen atoms in total. The van der Waals surface area contributed by atoms with Crippen LogP contribution in [0.5, 0.6) is 0 Å². The van der Waals surface area contributed by atoms with E-state index >= 15 is 0 Å². The fraction of sp³-hybridized carbons (Fsp3) is 0.111. The first-order chi connectivity index (χ1) is 12.7. The molecule has 5 aromatic rings. The number of aromatic nitrogens is 6. The Hall–Kier alpha value is -3.26. The molecule has 0 aliphatic rings. The van der Waals surface area contributed by atoms with E-state index in [0.717, 1.165) is 32.7 Å². The molecule has 26 heavy (non-hydrogen) atoms. The smallest absolute Gasteiger partial charge is 0.214 e. The van der Waals surface area contributed by atoms with Crippen molar-refractivity contribution in [1.29, 1.82) is 0 Å². The molecule has 0 fully saturated rings. The van der Waals surface area contributed by atoms with Crippen LogP contribution in [0.25, 0.3) is 21.9 Å². The van der Waals surface area contributed by atoms with E-state index in [1.807, 2.05) is 35.1 Å². The molecule has 0 spiro atoms. The van der Waals surface area contributed by atoms with Gasteiger partial charge in [0.15, 0.2) is 0 Å². The first-order valence-electron chi connectivity index (χ1n) is 8.19. The summed E-state index contributed by atoms with van der Waals surface area (Å²) in [6.45, 7) is 2.69. The number of nitrogens with one attached hydrogen (secondary N) is 1. The van der Waals surface area contributed by atoms with Gasteiger partial charge >= 0.3 is 0 Å². The maximum Gasteiger partial charge on any atom is 0.214 e. The van der Waals surface area contributed by atoms with Crippen molar-refractivity contribution in [2.45, 2.75) is 13.5 Å². The third-order valence-corrected chi connectivity index (χ3v) is 4.97. The van der Waals surface area contributed by atoms with Crippen LogP contribution >= 0.6 is 11.3 Å². The van der Waals surface area contributed by atoms with Crippen LogP contribution in [0.1, 0.15) is 11.3 Å². The Labute approximate surface area is 153 Å². The normalized spacial score (nSPS) is 11.4. The van der Waals surface area contributed by atoms with Crippen LogP contribution in [0, 0.1) is 6.92 Å². The minimum absolute atomic E-state index is 0.618. The number of anilines is 1. The highest BCUT2D eigenvalue weighted by atomic mass is 32.1. The first-order valence-corrected chi connectivity index (χ1v) is 9.01. The highest BCUT2D eigenvalue weighted by Gasteiger charge is 2.10. The van der Waals surface area contributed by atoms with Crippen molar-refractivity contribution in [2.75, 3.05) is 5.32 Å². The Bertz CT molecular complexity index is 1170. The standard InChI is InChI=1S/C18H15N7S/c1-12-4-6-24-10-14(21-16(24)7-12)9-20-17-23-25-11-15(22-18(25)26-17)13-3-2-5-19-8-13/h2-8,10-11H,9H2,1H3,(H,20,23). The molecule has 0 atom stereocenters. The van der Waals surface area contributed by atoms with E-state index in [2.05, 4.69) is 44.4 Å². The average molecular weight is 361 g/mol. The SMILES string of the molecule is Cc1ccn2cc(CNc3nn4cc(-c5cccnc5)nc4s3)nc2c1. The lowest BCUT2D eigenvalue weighted by Crippen LogP contribution is -1.99. The van der Waals surface area contributed by atoms with Gasteiger partial charge in [-0.1, -0.05) is 11.3 Å². The van der Waals surface area contributed by atoms with E-state index in [-0.39, 0.29) is 0 Å². The molecule has 0 unspecified atom stereocenters. The van der Waals surface area contributed by atoms with Gasteiger partial charge in [0.1, 0.15) is 5.65 Å². The van der Waals surface area contributed by atoms with Gasteiger partial charge in [-0.15, -0.1) is 5.10 Å². The topological polar surface area (TPSA) is 72.4 Å². The second-order valence-corrected chi connectivity index (χ2v) is 7.01. The van der Waals surface area contributed by atoms with Crippen molar-refractivity contribution in [3.05, 3.63) is 66.5 Å². The lowest BCUT2D eigenvalue weighted by atomic mass is 10.2. The van der Waals surface area contributed by atoms with E-state index in [4.69, 9.17) is 0 Å². The predicted molar refractivity (Wildman–Crippen MR) is 101 cm³/mol. The monoisotopic (exact) mass is 361 g/mol. The van der Waals surface area contributed by atoms with Crippen molar-refractivity contribution in [2.24, 2.45) is 0 Å². The first kappa shape index (κ1) is 15.0. The quantitative estimate of drug-likeness (QED) is 0.531. The summed E-state index contributed by atoms with van der Waals surface area (Å²) in [4.78, 5) is 14.2. The Morgan fingerprint density at radius 3 is 3.00 bits per heavy atom. The zero-order valence-corrected chi connectivity index (χ0v) is 14.8. The van der Waals surface area contributed by atoms with E-state index in [0.29, 0.717) is 6.54 Å². The zero-order valence-electron chi connectivity index (χ0n) is 14.0. The number of aryl methyl sites for hydroxylation is 1. The number of hydrogen-bond donors (Lipinski definition) is 1. The highest BCUT2D eigenvalue weighted by Crippen LogP contribution is 2.24. The Balaban J connectivity index is 1.35. The zero-order chi connectivity index (χ0) is 17.5. The summed E-state index contributed by atoms with van der Waals surface area (Å²) in [5, 5.41) is 8.70. The average Bonchev–Trinajstić information content (AvgIpc) is 3.32. The van der Waals surface area contributed by atoms with Crippen molar-refractivity contribution < 1.29 is 0 Å². The van der Waals surface area contributed by atoms with E-state index in [1.165, 1.54) is 16.9 Å². The summed E-state index contributed by atoms with van der Waals surface area (Å²) in [5.41, 5.74) is 4.99. The van der Waals surface area contributed by atoms with Gasteiger partial charge in [-0.2, -0.15) is 0 Å². The molecule has 0 saturated heterocycles. The maximum absolute atomic E-state index is 4.63. The third kappa shape index (κ3) is 2.70. The van der Waals surface area contributed by atoms with Crippen molar-refractivity contribution in [3.63, 3.8) is 0 Å². The summed E-state index contributed by atoms with van der Waals surface area (Å²) in [6, 6.07) is 8.03. The van der Waals surface area contributed by atoms with Crippen LogP contribution in [0.2, 0.25) is 0 Å². The summed E-state index contributed by atoms with van der Waals surface area (Å²) >= 11 is 1.52. The van der Waals surface area contributed by atoms with E-state index in [9.17, 15) is 0 Å². The molecular formula is C18H15N7S. The Morgan fingerprint density at radius 2 is 2.15 bits per heavy atom. The van der Waals surface area contributed by atoms with Gasteiger partial charge in [0.25, 0.3) is 0 Å². The minimum atomic E-state index is 0.618. The van der Waals surface area contributed by atoms with Crippen LogP contribution in [0.4, 0.5) is 5.13 Å². The number of hydrogen-bond acceptors (Lipinski definition) is 6. The molecule has 8 heteroatoms. The molecule has 0 aromatic carbocycles. The fourth-order valence-electron chi connectivity index (χ4n) is 2.81. The summed E-state index contributed by atoms with van der Waals surface area (Å²) < 4.78 is 3.82. The fourth-order valence-corrected chi connectivity index (χ4v) is 3.59. The molecule has 0 aliphatic carbocycles. The molecule has 5 rings (SSSR count). The lowest BCUT2D eigenvalue weighted by Gasteiger charge is -1.97. The number of fused-ring (bicyclic) bond motifs is 2. The van der Waals surface area contributed by atoms with Crippen LogP contribution in [-0.4, -0.2) is 29.0 Å². The van der Waals surface area contributed by atoms with Crippen molar-refractivity contribution in [1.82, 2.24) is 29.0 Å². The second kappa shape index (κ2) is 5.92. The molecule has 0 saturated carbocycles. The second-order valence-electron chi connectivity index (χ2n) is 6.06. The third-order valence-electron chi connectivity index (χ3n) is 4.09. The van der Waals surface area contributed by atoms with Gasteiger partial charge in [0.05, 0.1) is 24.1 Å². The summed E-state index contributed by atoms with van der Waals surface area (Å²) in [6.07, 6.45) is 9.53. The molecule has 0 aliphatic heterocycles. The van der Waals surface area contributed by atoms with Gasteiger partial charge in [-0.3, -0.25) is 4.98 Å². The van der Waals surface area contributed by atoms with Gasteiger partial charge in [0.2, 0.25) is 10.1 Å². The van der Waals surface area contributed by atoms with E-state index in [1.54, 1.807) is 16.9 Å². The van der Waals surface area contributed by atoms with Crippen LogP contribution in [-0.2, 0) is 6.54 Å². The molecule has 0 bridgehead atoms. The molecule has 5 heterocycles. The molecule has 128 valence electrons. The number of imidazole rings is 2. The van der Waals surface area contributed by atoms with Crippen LogP contribution in [0.3, 0.4) is 0 Å². The van der Waals surface area contributed by atoms with Gasteiger partial charge in [-0.05, 0) is 36.8 Å². The Morgan fingerprint density at radius 1 is 1.19 bits per heavy atom. The molecule has 1 N–H and O–H groups in total. The number of rotatable bonds is 4. The van der Waals surface area contributed by atoms with Gasteiger partial charge < -0.3 is 9.72 Å². The molecular weight excluding hydrogens is 346 g/mol. The van der Waals surface area contributed by atoms with Gasteiger partial charge in [-0.25, -0.2) is 14.5 Å². The number of nitrogens with zero attached hydrogens (tertiary/aromatic N) is 6. The van der Waals surface area contributed by atoms with Gasteiger partial charge in [0, 0.05) is 30.4 Å². The minimum Gasteiger partial charge on any atom is -0.354 e. The Kier molecular flexibility index (Phi) is 3.42. The van der Waals surface area contributed by atoms with E-state index < -0.39 is 0 Å². The van der Waals surface area contributed by atoms with Crippen molar-refractivity contribution in [3.8, 4) is 11.3 Å². The lowest BCUT2D eigenvalue weighted by molar-refractivity contribution is 0.956. The summed E-state index contributed by atoms with van der Waals surface area (Å²) in [5.74, 6) is 0. The van der Waals surface area contributed by atoms with Crippen LogP contribution < -0.4 is 5.32 Å². The molecule has 0 radical (unpaired) electrons. The predicted octanol–water partition coefficient (Wildman–Crippen LogP) is 3.42.